The molecular weight excluding hydrogens is 360 g/mol. The summed E-state index contributed by atoms with van der Waals surface area (Å²) in [5.41, 5.74) is 5.45. The first-order valence-electron chi connectivity index (χ1n) is 9.44. The van der Waals surface area contributed by atoms with Crippen molar-refractivity contribution in [3.63, 3.8) is 0 Å². The van der Waals surface area contributed by atoms with Gasteiger partial charge in [0.05, 0.1) is 31.0 Å². The molecule has 0 aliphatic carbocycles. The summed E-state index contributed by atoms with van der Waals surface area (Å²) < 4.78 is 5.37. The minimum absolute atomic E-state index is 0.140. The number of hydrogen-bond donors (Lipinski definition) is 1. The molecule has 1 aliphatic heterocycles. The van der Waals surface area contributed by atoms with Gasteiger partial charge in [-0.3, -0.25) is 4.79 Å². The quantitative estimate of drug-likeness (QED) is 0.559. The van der Waals surface area contributed by atoms with E-state index in [9.17, 15) is 4.79 Å². The number of aromatic nitrogens is 1. The smallest absolute Gasteiger partial charge is 0.246 e. The summed E-state index contributed by atoms with van der Waals surface area (Å²) in [7, 11) is 0. The summed E-state index contributed by atoms with van der Waals surface area (Å²) in [5, 5.41) is 7.29. The molecule has 0 unspecified atom stereocenters. The van der Waals surface area contributed by atoms with Crippen LogP contribution in [-0.4, -0.2) is 42.9 Å². The van der Waals surface area contributed by atoms with Crippen molar-refractivity contribution in [3.8, 4) is 0 Å². The highest BCUT2D eigenvalue weighted by molar-refractivity contribution is 7.13. The molecule has 144 valence electrons. The molecule has 1 aromatic heterocycles. The summed E-state index contributed by atoms with van der Waals surface area (Å²) in [6.45, 7) is 5.30. The number of carbonyl (C=O) groups excluding carboxylic acids is 1. The van der Waals surface area contributed by atoms with Crippen LogP contribution in [0, 0.1) is 0 Å². The Labute approximate surface area is 164 Å². The molecule has 1 aliphatic rings. The van der Waals surface area contributed by atoms with Gasteiger partial charge in [0.1, 0.15) is 0 Å². The topological polar surface area (TPSA) is 66.8 Å². The van der Waals surface area contributed by atoms with Crippen molar-refractivity contribution in [2.24, 2.45) is 5.10 Å². The van der Waals surface area contributed by atoms with Crippen molar-refractivity contribution in [1.29, 1.82) is 0 Å². The van der Waals surface area contributed by atoms with Crippen molar-refractivity contribution in [3.05, 3.63) is 47.0 Å². The van der Waals surface area contributed by atoms with Gasteiger partial charge in [-0.1, -0.05) is 43.7 Å². The Bertz CT molecular complexity index is 754. The number of unbranched alkanes of at least 4 members (excludes halogenated alkanes) is 1. The predicted octanol–water partition coefficient (Wildman–Crippen LogP) is 3.23. The summed E-state index contributed by atoms with van der Waals surface area (Å²) >= 11 is 1.57. The second-order valence-corrected chi connectivity index (χ2v) is 7.30. The number of rotatable bonds is 8. The molecule has 0 saturated carbocycles. The summed E-state index contributed by atoms with van der Waals surface area (Å²) in [6.07, 6.45) is 3.21. The van der Waals surface area contributed by atoms with Gasteiger partial charge in [0.15, 0.2) is 5.13 Å². The van der Waals surface area contributed by atoms with Crippen molar-refractivity contribution < 1.29 is 9.53 Å². The number of hydrogen-bond acceptors (Lipinski definition) is 6. The van der Waals surface area contributed by atoms with Gasteiger partial charge < -0.3 is 9.64 Å². The molecule has 2 aromatic rings. The number of benzene rings is 1. The maximum absolute atomic E-state index is 12.3. The monoisotopic (exact) mass is 386 g/mol. The Morgan fingerprint density at radius 2 is 2.07 bits per heavy atom. The van der Waals surface area contributed by atoms with Gasteiger partial charge in [0.25, 0.3) is 0 Å². The molecule has 6 nitrogen and oxygen atoms in total. The van der Waals surface area contributed by atoms with Gasteiger partial charge in [-0.2, -0.15) is 5.10 Å². The van der Waals surface area contributed by atoms with Crippen molar-refractivity contribution in [2.75, 3.05) is 31.2 Å². The van der Waals surface area contributed by atoms with Gasteiger partial charge in [-0.15, -0.1) is 11.3 Å². The summed E-state index contributed by atoms with van der Waals surface area (Å²) in [4.78, 5) is 19.1. The van der Waals surface area contributed by atoms with Crippen LogP contribution in [0.3, 0.4) is 0 Å². The standard InChI is InChI=1S/C20H26N4O2S/c1-2-3-9-18(16-7-5-4-6-8-16)22-23-19(25)14-17-15-27-20(21-17)24-10-12-26-13-11-24/h4-8,15H,2-3,9-14H2,1H3,(H,23,25)/b22-18-. The van der Waals surface area contributed by atoms with E-state index < -0.39 is 0 Å². The SMILES string of the molecule is CCCC/C(=N/NC(=O)Cc1csc(N2CCOCC2)n1)c1ccccc1. The Hall–Kier alpha value is -2.25. The van der Waals surface area contributed by atoms with E-state index in [0.717, 1.165) is 67.7 Å². The van der Waals surface area contributed by atoms with Crippen LogP contribution in [0.1, 0.15) is 37.4 Å². The molecule has 1 saturated heterocycles. The zero-order valence-corrected chi connectivity index (χ0v) is 16.5. The maximum atomic E-state index is 12.3. The predicted molar refractivity (Wildman–Crippen MR) is 109 cm³/mol. The van der Waals surface area contributed by atoms with E-state index in [0.29, 0.717) is 0 Å². The second kappa shape index (κ2) is 10.2. The molecule has 0 bridgehead atoms. The zero-order valence-electron chi connectivity index (χ0n) is 15.7. The van der Waals surface area contributed by atoms with Crippen molar-refractivity contribution in [2.45, 2.75) is 32.6 Å². The molecule has 0 spiro atoms. The number of anilines is 1. The molecule has 0 radical (unpaired) electrons. The molecule has 1 amide bonds. The van der Waals surface area contributed by atoms with Crippen LogP contribution in [0.5, 0.6) is 0 Å². The van der Waals surface area contributed by atoms with Crippen LogP contribution >= 0.6 is 11.3 Å². The first-order valence-corrected chi connectivity index (χ1v) is 10.3. The molecule has 2 heterocycles. The lowest BCUT2D eigenvalue weighted by atomic mass is 10.1. The average Bonchev–Trinajstić information content (AvgIpc) is 3.18. The molecule has 1 aromatic carbocycles. The molecule has 7 heteroatoms. The van der Waals surface area contributed by atoms with Gasteiger partial charge in [-0.25, -0.2) is 10.4 Å². The van der Waals surface area contributed by atoms with E-state index in [4.69, 9.17) is 4.74 Å². The van der Waals surface area contributed by atoms with Crippen LogP contribution in [0.25, 0.3) is 0 Å². The Balaban J connectivity index is 1.58. The number of carbonyl (C=O) groups is 1. The van der Waals surface area contributed by atoms with Crippen LogP contribution < -0.4 is 10.3 Å². The molecular formula is C20H26N4O2S. The number of hydrazone groups is 1. The minimum Gasteiger partial charge on any atom is -0.378 e. The molecule has 27 heavy (non-hydrogen) atoms. The number of morpholine rings is 1. The van der Waals surface area contributed by atoms with Gasteiger partial charge in [-0.05, 0) is 18.4 Å². The van der Waals surface area contributed by atoms with Crippen molar-refractivity contribution in [1.82, 2.24) is 10.4 Å². The highest BCUT2D eigenvalue weighted by Gasteiger charge is 2.15. The lowest BCUT2D eigenvalue weighted by Gasteiger charge is -2.26. The number of ether oxygens (including phenoxy) is 1. The minimum atomic E-state index is -0.140. The average molecular weight is 387 g/mol. The highest BCUT2D eigenvalue weighted by atomic mass is 32.1. The number of nitrogens with one attached hydrogen (secondary N) is 1. The first-order chi connectivity index (χ1) is 13.3. The fraction of sp³-hybridized carbons (Fsp3) is 0.450. The van der Waals surface area contributed by atoms with Crippen LogP contribution in [0.2, 0.25) is 0 Å². The Morgan fingerprint density at radius 3 is 2.81 bits per heavy atom. The van der Waals surface area contributed by atoms with Crippen LogP contribution in [-0.2, 0) is 16.0 Å². The van der Waals surface area contributed by atoms with Crippen molar-refractivity contribution >= 4 is 28.1 Å². The van der Waals surface area contributed by atoms with Gasteiger partial charge >= 0.3 is 0 Å². The number of amides is 1. The van der Waals surface area contributed by atoms with E-state index >= 15 is 0 Å². The third kappa shape index (κ3) is 5.87. The van der Waals surface area contributed by atoms with E-state index in [1.165, 1.54) is 0 Å². The first kappa shape index (κ1) is 19.5. The molecule has 0 atom stereocenters. The summed E-state index contributed by atoms with van der Waals surface area (Å²) in [5.74, 6) is -0.140. The third-order valence-corrected chi connectivity index (χ3v) is 5.30. The largest absolute Gasteiger partial charge is 0.378 e. The van der Waals surface area contributed by atoms with E-state index in [1.54, 1.807) is 11.3 Å². The number of nitrogens with zero attached hydrogens (tertiary/aromatic N) is 3. The maximum Gasteiger partial charge on any atom is 0.246 e. The molecule has 1 fully saturated rings. The molecule has 3 rings (SSSR count). The van der Waals surface area contributed by atoms with Crippen LogP contribution in [0.4, 0.5) is 5.13 Å². The Morgan fingerprint density at radius 1 is 1.30 bits per heavy atom. The Kier molecular flexibility index (Phi) is 7.36. The third-order valence-electron chi connectivity index (χ3n) is 4.35. The summed E-state index contributed by atoms with van der Waals surface area (Å²) in [6, 6.07) is 10.0. The normalized spacial score (nSPS) is 15.0. The zero-order chi connectivity index (χ0) is 18.9. The van der Waals surface area contributed by atoms with E-state index in [-0.39, 0.29) is 12.3 Å². The van der Waals surface area contributed by atoms with E-state index in [1.807, 2.05) is 35.7 Å². The highest BCUT2D eigenvalue weighted by Crippen LogP contribution is 2.21. The van der Waals surface area contributed by atoms with E-state index in [2.05, 4.69) is 27.3 Å². The number of thiazole rings is 1. The van der Waals surface area contributed by atoms with Gasteiger partial charge in [0.2, 0.25) is 5.91 Å². The second-order valence-electron chi connectivity index (χ2n) is 6.46. The fourth-order valence-electron chi connectivity index (χ4n) is 2.85. The lowest BCUT2D eigenvalue weighted by molar-refractivity contribution is -0.120. The lowest BCUT2D eigenvalue weighted by Crippen LogP contribution is -2.36. The fourth-order valence-corrected chi connectivity index (χ4v) is 3.73. The van der Waals surface area contributed by atoms with Crippen LogP contribution in [0.15, 0.2) is 40.8 Å². The molecule has 1 N–H and O–H groups in total. The van der Waals surface area contributed by atoms with Gasteiger partial charge in [0, 0.05) is 18.5 Å².